The summed E-state index contributed by atoms with van der Waals surface area (Å²) in [5.74, 6) is 0.332. The van der Waals surface area contributed by atoms with Crippen LogP contribution >= 0.6 is 0 Å². The first-order valence-corrected chi connectivity index (χ1v) is 5.47. The fourth-order valence-electron chi connectivity index (χ4n) is 1.35. The minimum absolute atomic E-state index is 0.00176. The van der Waals surface area contributed by atoms with Gasteiger partial charge in [0.1, 0.15) is 0 Å². The lowest BCUT2D eigenvalue weighted by molar-refractivity contribution is -0.128. The van der Waals surface area contributed by atoms with Gasteiger partial charge in [0, 0.05) is 25.6 Å². The van der Waals surface area contributed by atoms with Crippen molar-refractivity contribution in [1.82, 2.24) is 10.4 Å². The van der Waals surface area contributed by atoms with Crippen LogP contribution in [-0.2, 0) is 9.53 Å². The van der Waals surface area contributed by atoms with Crippen molar-refractivity contribution in [2.75, 3.05) is 26.3 Å². The van der Waals surface area contributed by atoms with E-state index >= 15 is 0 Å². The Labute approximate surface area is 90.9 Å². The summed E-state index contributed by atoms with van der Waals surface area (Å²) < 4.78 is 5.18. The molecular weight excluding hydrogens is 194 g/mol. The number of hydrogen-bond acceptors (Lipinski definition) is 4. The average Bonchev–Trinajstić information content (AvgIpc) is 2.18. The molecule has 0 saturated carbocycles. The standard InChI is InChI=1S/C10H21N3O2/c1-8(2)9(11)7-10(14)12-13-3-5-15-6-4-13/h8-9H,3-7,11H2,1-2H3,(H,12,14). The van der Waals surface area contributed by atoms with Crippen LogP contribution in [0.1, 0.15) is 20.3 Å². The largest absolute Gasteiger partial charge is 0.379 e. The molecule has 5 heteroatoms. The Morgan fingerprint density at radius 3 is 2.60 bits per heavy atom. The van der Waals surface area contributed by atoms with Crippen LogP contribution in [0.15, 0.2) is 0 Å². The van der Waals surface area contributed by atoms with Gasteiger partial charge in [-0.1, -0.05) is 13.8 Å². The molecule has 5 nitrogen and oxygen atoms in total. The molecule has 0 spiro atoms. The number of ether oxygens (including phenoxy) is 1. The van der Waals surface area contributed by atoms with Gasteiger partial charge in [-0.2, -0.15) is 0 Å². The van der Waals surface area contributed by atoms with Crippen LogP contribution in [0, 0.1) is 5.92 Å². The molecule has 1 atom stereocenters. The van der Waals surface area contributed by atoms with Gasteiger partial charge >= 0.3 is 0 Å². The predicted octanol–water partition coefficient (Wildman–Crippen LogP) is -0.277. The predicted molar refractivity (Wildman–Crippen MR) is 58.0 cm³/mol. The molecule has 1 saturated heterocycles. The second kappa shape index (κ2) is 6.05. The topological polar surface area (TPSA) is 67.6 Å². The van der Waals surface area contributed by atoms with E-state index in [4.69, 9.17) is 10.5 Å². The maximum atomic E-state index is 11.6. The van der Waals surface area contributed by atoms with Crippen molar-refractivity contribution in [3.8, 4) is 0 Å². The monoisotopic (exact) mass is 215 g/mol. The Hall–Kier alpha value is -0.650. The molecule has 1 heterocycles. The highest BCUT2D eigenvalue weighted by molar-refractivity contribution is 5.76. The minimum atomic E-state index is -0.0639. The lowest BCUT2D eigenvalue weighted by atomic mass is 10.0. The number of rotatable bonds is 4. The maximum Gasteiger partial charge on any atom is 0.235 e. The first kappa shape index (κ1) is 12.4. The van der Waals surface area contributed by atoms with Gasteiger partial charge in [0.25, 0.3) is 0 Å². The second-order valence-electron chi connectivity index (χ2n) is 4.25. The molecule has 15 heavy (non-hydrogen) atoms. The number of nitrogens with two attached hydrogens (primary N) is 1. The van der Waals surface area contributed by atoms with Crippen molar-refractivity contribution in [2.45, 2.75) is 26.3 Å². The van der Waals surface area contributed by atoms with E-state index in [0.29, 0.717) is 25.6 Å². The van der Waals surface area contributed by atoms with E-state index in [9.17, 15) is 4.79 Å². The van der Waals surface area contributed by atoms with Crippen LogP contribution in [0.25, 0.3) is 0 Å². The van der Waals surface area contributed by atoms with Crippen molar-refractivity contribution >= 4 is 5.91 Å². The van der Waals surface area contributed by atoms with Crippen LogP contribution in [-0.4, -0.2) is 43.3 Å². The molecule has 1 fully saturated rings. The highest BCUT2D eigenvalue weighted by atomic mass is 16.5. The van der Waals surface area contributed by atoms with Gasteiger partial charge < -0.3 is 10.5 Å². The lowest BCUT2D eigenvalue weighted by Gasteiger charge is -2.27. The third kappa shape index (κ3) is 4.59. The molecule has 3 N–H and O–H groups in total. The Morgan fingerprint density at radius 2 is 2.07 bits per heavy atom. The molecule has 0 aromatic carbocycles. The van der Waals surface area contributed by atoms with Gasteiger partial charge in [-0.3, -0.25) is 10.2 Å². The molecule has 88 valence electrons. The molecule has 1 amide bonds. The summed E-state index contributed by atoms with van der Waals surface area (Å²) in [5, 5.41) is 1.89. The first-order valence-electron chi connectivity index (χ1n) is 5.47. The van der Waals surface area contributed by atoms with Gasteiger partial charge in [0.15, 0.2) is 0 Å². The van der Waals surface area contributed by atoms with E-state index in [1.165, 1.54) is 0 Å². The Morgan fingerprint density at radius 1 is 1.47 bits per heavy atom. The summed E-state index contributed by atoms with van der Waals surface area (Å²) in [7, 11) is 0. The smallest absolute Gasteiger partial charge is 0.235 e. The van der Waals surface area contributed by atoms with Crippen LogP contribution in [0.5, 0.6) is 0 Å². The fraction of sp³-hybridized carbons (Fsp3) is 0.900. The number of carbonyl (C=O) groups excluding carboxylic acids is 1. The third-order valence-corrected chi connectivity index (χ3v) is 2.57. The summed E-state index contributed by atoms with van der Waals surface area (Å²) in [6.45, 7) is 6.90. The lowest BCUT2D eigenvalue weighted by Crippen LogP contribution is -2.49. The molecule has 0 aliphatic carbocycles. The van der Waals surface area contributed by atoms with Crippen LogP contribution < -0.4 is 11.2 Å². The number of carbonyl (C=O) groups is 1. The van der Waals surface area contributed by atoms with Crippen LogP contribution in [0.4, 0.5) is 0 Å². The zero-order chi connectivity index (χ0) is 11.3. The minimum Gasteiger partial charge on any atom is -0.379 e. The summed E-state index contributed by atoms with van der Waals surface area (Å²) in [6, 6.07) is -0.0639. The van der Waals surface area contributed by atoms with E-state index in [2.05, 4.69) is 5.43 Å². The molecule has 1 aliphatic rings. The quantitative estimate of drug-likeness (QED) is 0.677. The van der Waals surface area contributed by atoms with Crippen molar-refractivity contribution < 1.29 is 9.53 Å². The van der Waals surface area contributed by atoms with E-state index in [-0.39, 0.29) is 11.9 Å². The third-order valence-electron chi connectivity index (χ3n) is 2.57. The van der Waals surface area contributed by atoms with E-state index < -0.39 is 0 Å². The molecule has 0 aromatic heterocycles. The molecule has 1 aliphatic heterocycles. The Bertz CT molecular complexity index is 203. The van der Waals surface area contributed by atoms with Gasteiger partial charge in [0.05, 0.1) is 13.2 Å². The first-order chi connectivity index (χ1) is 7.09. The zero-order valence-corrected chi connectivity index (χ0v) is 9.53. The molecule has 1 rings (SSSR count). The SMILES string of the molecule is CC(C)C(N)CC(=O)NN1CCOCC1. The molecule has 1 unspecified atom stereocenters. The second-order valence-corrected chi connectivity index (χ2v) is 4.25. The van der Waals surface area contributed by atoms with Gasteiger partial charge in [-0.05, 0) is 5.92 Å². The average molecular weight is 215 g/mol. The summed E-state index contributed by atoms with van der Waals surface area (Å²) in [4.78, 5) is 11.6. The summed E-state index contributed by atoms with van der Waals surface area (Å²) in [5.41, 5.74) is 8.66. The van der Waals surface area contributed by atoms with Crippen molar-refractivity contribution in [3.63, 3.8) is 0 Å². The maximum absolute atomic E-state index is 11.6. The number of nitrogens with one attached hydrogen (secondary N) is 1. The molecular formula is C10H21N3O2. The number of morpholine rings is 1. The Balaban J connectivity index is 2.22. The van der Waals surface area contributed by atoms with Crippen molar-refractivity contribution in [2.24, 2.45) is 11.7 Å². The number of amides is 1. The van der Waals surface area contributed by atoms with Gasteiger partial charge in [-0.25, -0.2) is 5.01 Å². The highest BCUT2D eigenvalue weighted by Crippen LogP contribution is 2.03. The van der Waals surface area contributed by atoms with Crippen LogP contribution in [0.3, 0.4) is 0 Å². The van der Waals surface area contributed by atoms with Gasteiger partial charge in [0.2, 0.25) is 5.91 Å². The Kier molecular flexibility index (Phi) is 5.01. The normalized spacial score (nSPS) is 20.3. The number of hydrogen-bond donors (Lipinski definition) is 2. The zero-order valence-electron chi connectivity index (χ0n) is 9.53. The highest BCUT2D eigenvalue weighted by Gasteiger charge is 2.16. The fourth-order valence-corrected chi connectivity index (χ4v) is 1.35. The van der Waals surface area contributed by atoms with E-state index in [0.717, 1.165) is 13.1 Å². The number of hydrazine groups is 1. The van der Waals surface area contributed by atoms with Gasteiger partial charge in [-0.15, -0.1) is 0 Å². The van der Waals surface area contributed by atoms with Crippen molar-refractivity contribution in [3.05, 3.63) is 0 Å². The van der Waals surface area contributed by atoms with Crippen LogP contribution in [0.2, 0.25) is 0 Å². The van der Waals surface area contributed by atoms with Crippen molar-refractivity contribution in [1.29, 1.82) is 0 Å². The summed E-state index contributed by atoms with van der Waals surface area (Å²) in [6.07, 6.45) is 0.384. The summed E-state index contributed by atoms with van der Waals surface area (Å²) >= 11 is 0. The number of nitrogens with zero attached hydrogens (tertiary/aromatic N) is 1. The van der Waals surface area contributed by atoms with E-state index in [1.54, 1.807) is 0 Å². The molecule has 0 radical (unpaired) electrons. The molecule has 0 bridgehead atoms. The van der Waals surface area contributed by atoms with E-state index in [1.807, 2.05) is 18.9 Å². The molecule has 0 aromatic rings.